The summed E-state index contributed by atoms with van der Waals surface area (Å²) < 4.78 is 0. The minimum atomic E-state index is -0.694. The summed E-state index contributed by atoms with van der Waals surface area (Å²) in [5.41, 5.74) is 0. The predicted octanol–water partition coefficient (Wildman–Crippen LogP) is 4.02. The third kappa shape index (κ3) is 16.4. The molecular weight excluding hydrogens is 252 g/mol. The van der Waals surface area contributed by atoms with Gasteiger partial charge in [-0.05, 0) is 19.3 Å². The summed E-state index contributed by atoms with van der Waals surface area (Å²) in [6.07, 6.45) is 22.0. The molecular formula is C17H26O3. The Bertz CT molecular complexity index is 338. The molecule has 0 spiro atoms. The summed E-state index contributed by atoms with van der Waals surface area (Å²) in [4.78, 5) is 10.3. The Morgan fingerprint density at radius 3 is 1.95 bits per heavy atom. The van der Waals surface area contributed by atoms with Gasteiger partial charge in [-0.15, -0.1) is 0 Å². The second-order valence-corrected chi connectivity index (χ2v) is 4.51. The average Bonchev–Trinajstić information content (AvgIpc) is 2.43. The molecule has 0 saturated heterocycles. The van der Waals surface area contributed by atoms with Gasteiger partial charge in [-0.25, -0.2) is 0 Å². The van der Waals surface area contributed by atoms with E-state index in [0.29, 0.717) is 6.42 Å². The van der Waals surface area contributed by atoms with Crippen molar-refractivity contribution in [1.82, 2.24) is 0 Å². The lowest BCUT2D eigenvalue weighted by Crippen LogP contribution is -1.93. The molecule has 112 valence electrons. The maximum Gasteiger partial charge on any atom is 0.303 e. The summed E-state index contributed by atoms with van der Waals surface area (Å²) in [7, 11) is 0. The van der Waals surface area contributed by atoms with E-state index < -0.39 is 5.97 Å². The number of carbonyl (C=O) groups is 1. The number of hydrogen-bond donors (Lipinski definition) is 2. The van der Waals surface area contributed by atoms with Crippen LogP contribution in [0.5, 0.6) is 0 Å². The van der Waals surface area contributed by atoms with E-state index in [0.717, 1.165) is 32.1 Å². The lowest BCUT2D eigenvalue weighted by atomic mass is 10.1. The second kappa shape index (κ2) is 15.4. The molecule has 3 heteroatoms. The number of carboxylic acid groups (broad SMARTS) is 1. The van der Waals surface area contributed by atoms with Gasteiger partial charge in [0.2, 0.25) is 0 Å². The predicted molar refractivity (Wildman–Crippen MR) is 83.6 cm³/mol. The molecule has 3 nitrogen and oxygen atoms in total. The highest BCUT2D eigenvalue weighted by Crippen LogP contribution is 2.07. The SMILES string of the molecule is O=C(O)CCCCCCC/C=C/C=C/C=C/C=C/CO. The van der Waals surface area contributed by atoms with Crippen LogP contribution in [-0.2, 0) is 4.79 Å². The summed E-state index contributed by atoms with van der Waals surface area (Å²) in [6.45, 7) is 0.0737. The molecule has 0 aromatic rings. The molecule has 0 atom stereocenters. The fourth-order valence-corrected chi connectivity index (χ4v) is 1.64. The Balaban J connectivity index is 3.35. The molecule has 0 radical (unpaired) electrons. The van der Waals surface area contributed by atoms with Crippen LogP contribution in [0.15, 0.2) is 48.6 Å². The van der Waals surface area contributed by atoms with Gasteiger partial charge < -0.3 is 10.2 Å². The van der Waals surface area contributed by atoms with Crippen LogP contribution in [0.1, 0.15) is 44.9 Å². The third-order valence-electron chi connectivity index (χ3n) is 2.69. The Morgan fingerprint density at radius 1 is 0.750 bits per heavy atom. The maximum absolute atomic E-state index is 10.3. The van der Waals surface area contributed by atoms with Crippen molar-refractivity contribution >= 4 is 5.97 Å². The zero-order valence-corrected chi connectivity index (χ0v) is 12.1. The van der Waals surface area contributed by atoms with E-state index in [1.54, 1.807) is 12.2 Å². The van der Waals surface area contributed by atoms with Crippen LogP contribution in [0.4, 0.5) is 0 Å². The van der Waals surface area contributed by atoms with E-state index in [1.165, 1.54) is 6.42 Å². The molecule has 0 heterocycles. The van der Waals surface area contributed by atoms with E-state index in [2.05, 4.69) is 6.08 Å². The standard InChI is InChI=1S/C17H26O3/c18-16-14-12-10-8-6-4-2-1-3-5-7-9-11-13-15-17(19)20/h1-2,4,6,8,10,12,14,18H,3,5,7,9,11,13,15-16H2,(H,19,20)/b2-1+,6-4+,10-8+,14-12+. The number of allylic oxidation sites excluding steroid dienone is 7. The number of carboxylic acids is 1. The molecule has 0 rings (SSSR count). The first-order valence-electron chi connectivity index (χ1n) is 7.25. The Morgan fingerprint density at radius 2 is 1.30 bits per heavy atom. The Hall–Kier alpha value is -1.61. The second-order valence-electron chi connectivity index (χ2n) is 4.51. The van der Waals surface area contributed by atoms with Gasteiger partial charge in [-0.1, -0.05) is 67.9 Å². The molecule has 2 N–H and O–H groups in total. The van der Waals surface area contributed by atoms with Crippen LogP contribution in [0.25, 0.3) is 0 Å². The molecule has 0 unspecified atom stereocenters. The molecule has 0 aromatic carbocycles. The van der Waals surface area contributed by atoms with Gasteiger partial charge in [0.05, 0.1) is 6.61 Å². The van der Waals surface area contributed by atoms with Crippen LogP contribution in [0.2, 0.25) is 0 Å². The number of unbranched alkanes of at least 4 members (excludes halogenated alkanes) is 5. The van der Waals surface area contributed by atoms with Crippen LogP contribution < -0.4 is 0 Å². The number of aliphatic hydroxyl groups is 1. The molecule has 0 aliphatic heterocycles. The minimum Gasteiger partial charge on any atom is -0.481 e. The van der Waals surface area contributed by atoms with Crippen LogP contribution in [0.3, 0.4) is 0 Å². The van der Waals surface area contributed by atoms with Crippen molar-refractivity contribution in [3.05, 3.63) is 48.6 Å². The summed E-state index contributed by atoms with van der Waals surface area (Å²) >= 11 is 0. The first kappa shape index (κ1) is 18.4. The van der Waals surface area contributed by atoms with Crippen LogP contribution in [0, 0.1) is 0 Å². The van der Waals surface area contributed by atoms with Crippen molar-refractivity contribution < 1.29 is 15.0 Å². The van der Waals surface area contributed by atoms with E-state index >= 15 is 0 Å². The zero-order chi connectivity index (χ0) is 14.9. The highest BCUT2D eigenvalue weighted by molar-refractivity contribution is 5.66. The molecule has 20 heavy (non-hydrogen) atoms. The van der Waals surface area contributed by atoms with E-state index in [4.69, 9.17) is 10.2 Å². The average molecular weight is 278 g/mol. The van der Waals surface area contributed by atoms with Crippen molar-refractivity contribution in [2.45, 2.75) is 44.9 Å². The number of hydrogen-bond acceptors (Lipinski definition) is 2. The highest BCUT2D eigenvalue weighted by atomic mass is 16.4. The van der Waals surface area contributed by atoms with Gasteiger partial charge in [0, 0.05) is 6.42 Å². The fourth-order valence-electron chi connectivity index (χ4n) is 1.64. The fraction of sp³-hybridized carbons (Fsp3) is 0.471. The van der Waals surface area contributed by atoms with Crippen LogP contribution in [-0.4, -0.2) is 22.8 Å². The smallest absolute Gasteiger partial charge is 0.303 e. The van der Waals surface area contributed by atoms with Gasteiger partial charge in [-0.3, -0.25) is 4.79 Å². The molecule has 0 aliphatic rings. The van der Waals surface area contributed by atoms with Gasteiger partial charge in [-0.2, -0.15) is 0 Å². The number of rotatable bonds is 12. The lowest BCUT2D eigenvalue weighted by molar-refractivity contribution is -0.137. The van der Waals surface area contributed by atoms with Gasteiger partial charge in [0.1, 0.15) is 0 Å². The van der Waals surface area contributed by atoms with Crippen molar-refractivity contribution in [3.63, 3.8) is 0 Å². The molecule has 0 aromatic heterocycles. The monoisotopic (exact) mass is 278 g/mol. The van der Waals surface area contributed by atoms with E-state index in [-0.39, 0.29) is 6.61 Å². The Kier molecular flexibility index (Phi) is 14.2. The largest absolute Gasteiger partial charge is 0.481 e. The quantitative estimate of drug-likeness (QED) is 0.419. The minimum absolute atomic E-state index is 0.0737. The van der Waals surface area contributed by atoms with Gasteiger partial charge in [0.15, 0.2) is 0 Å². The van der Waals surface area contributed by atoms with Gasteiger partial charge in [0.25, 0.3) is 0 Å². The molecule has 0 saturated carbocycles. The topological polar surface area (TPSA) is 57.5 Å². The number of aliphatic hydroxyl groups excluding tert-OH is 1. The third-order valence-corrected chi connectivity index (χ3v) is 2.69. The molecule has 0 fully saturated rings. The Labute approximate surface area is 122 Å². The molecule has 0 amide bonds. The first-order valence-corrected chi connectivity index (χ1v) is 7.25. The number of aliphatic carboxylic acids is 1. The first-order chi connectivity index (χ1) is 9.77. The van der Waals surface area contributed by atoms with Crippen molar-refractivity contribution in [1.29, 1.82) is 0 Å². The molecule has 0 bridgehead atoms. The highest BCUT2D eigenvalue weighted by Gasteiger charge is 1.95. The van der Waals surface area contributed by atoms with Crippen molar-refractivity contribution in [3.8, 4) is 0 Å². The maximum atomic E-state index is 10.3. The normalized spacial score (nSPS) is 12.4. The molecule has 0 aliphatic carbocycles. The lowest BCUT2D eigenvalue weighted by Gasteiger charge is -1.97. The van der Waals surface area contributed by atoms with Crippen molar-refractivity contribution in [2.75, 3.05) is 6.61 Å². The van der Waals surface area contributed by atoms with E-state index in [9.17, 15) is 4.79 Å². The van der Waals surface area contributed by atoms with Gasteiger partial charge >= 0.3 is 5.97 Å². The summed E-state index contributed by atoms with van der Waals surface area (Å²) in [6, 6.07) is 0. The van der Waals surface area contributed by atoms with Crippen molar-refractivity contribution in [2.24, 2.45) is 0 Å². The zero-order valence-electron chi connectivity index (χ0n) is 12.1. The summed E-state index contributed by atoms with van der Waals surface area (Å²) in [5.74, 6) is -0.694. The van der Waals surface area contributed by atoms with Crippen LogP contribution >= 0.6 is 0 Å². The summed E-state index contributed by atoms with van der Waals surface area (Å²) in [5, 5.41) is 17.0. The van der Waals surface area contributed by atoms with E-state index in [1.807, 2.05) is 30.4 Å².